The number of carboxylic acid groups (broad SMARTS) is 1. The van der Waals surface area contributed by atoms with Crippen molar-refractivity contribution in [2.45, 2.75) is 43.8 Å². The summed E-state index contributed by atoms with van der Waals surface area (Å²) in [4.78, 5) is 73.2. The van der Waals surface area contributed by atoms with Crippen LogP contribution in [0.1, 0.15) is 25.7 Å². The van der Waals surface area contributed by atoms with E-state index in [1.54, 1.807) is 0 Å². The highest BCUT2D eigenvalue weighted by Crippen LogP contribution is 2.01. The van der Waals surface area contributed by atoms with Crippen LogP contribution in [-0.2, 0) is 28.8 Å². The average molecular weight is 459 g/mol. The van der Waals surface area contributed by atoms with E-state index in [1.807, 2.05) is 0 Å². The van der Waals surface area contributed by atoms with Crippen molar-refractivity contribution < 1.29 is 33.9 Å². The van der Waals surface area contributed by atoms with E-state index < -0.39 is 73.0 Å². The normalized spacial score (nSPS) is 13.0. The molecule has 0 rings (SSSR count). The predicted molar refractivity (Wildman–Crippen MR) is 110 cm³/mol. The Morgan fingerprint density at radius 3 is 1.94 bits per heavy atom. The monoisotopic (exact) mass is 459 g/mol. The second-order valence-corrected chi connectivity index (χ2v) is 6.63. The molecule has 0 heterocycles. The van der Waals surface area contributed by atoms with Crippen LogP contribution < -0.4 is 44.6 Å². The Hall–Kier alpha value is -3.95. The molecule has 5 amide bonds. The zero-order chi connectivity index (χ0) is 24.8. The number of nitrogens with zero attached hydrogens (tertiary/aromatic N) is 1. The maximum atomic E-state index is 12.4. The van der Waals surface area contributed by atoms with Crippen LogP contribution in [0.4, 0.5) is 0 Å². The lowest BCUT2D eigenvalue weighted by Crippen LogP contribution is -2.54. The Morgan fingerprint density at radius 1 is 0.844 bits per heavy atom. The van der Waals surface area contributed by atoms with E-state index in [0.717, 1.165) is 0 Å². The van der Waals surface area contributed by atoms with Gasteiger partial charge in [0, 0.05) is 6.54 Å². The van der Waals surface area contributed by atoms with Gasteiger partial charge < -0.3 is 49.7 Å². The van der Waals surface area contributed by atoms with Crippen molar-refractivity contribution in [2.75, 3.05) is 13.1 Å². The summed E-state index contributed by atoms with van der Waals surface area (Å²) in [5, 5.41) is 15.7. The van der Waals surface area contributed by atoms with Crippen molar-refractivity contribution in [1.82, 2.24) is 16.0 Å². The van der Waals surface area contributed by atoms with Crippen molar-refractivity contribution in [1.29, 1.82) is 0 Å². The van der Waals surface area contributed by atoms with Crippen LogP contribution >= 0.6 is 0 Å². The van der Waals surface area contributed by atoms with Gasteiger partial charge in [0.2, 0.25) is 29.5 Å². The first-order valence-corrected chi connectivity index (χ1v) is 9.31. The number of hydrogen-bond donors (Lipinski definition) is 9. The van der Waals surface area contributed by atoms with Crippen LogP contribution in [0.5, 0.6) is 0 Å². The number of nitrogens with one attached hydrogen (secondary N) is 3. The molecule has 3 unspecified atom stereocenters. The largest absolute Gasteiger partial charge is 0.480 e. The average Bonchev–Trinajstić information content (AvgIpc) is 2.66. The van der Waals surface area contributed by atoms with Crippen molar-refractivity contribution >= 4 is 41.5 Å². The molecule has 3 atom stereocenters. The Labute approximate surface area is 182 Å². The summed E-state index contributed by atoms with van der Waals surface area (Å²) in [7, 11) is 0. The van der Waals surface area contributed by atoms with E-state index >= 15 is 0 Å². The fourth-order valence-corrected chi connectivity index (χ4v) is 2.30. The van der Waals surface area contributed by atoms with Gasteiger partial charge in [0.25, 0.3) is 0 Å². The zero-order valence-electron chi connectivity index (χ0n) is 17.2. The molecule has 0 aliphatic rings. The highest BCUT2D eigenvalue weighted by Gasteiger charge is 2.28. The van der Waals surface area contributed by atoms with Gasteiger partial charge in [-0.1, -0.05) is 0 Å². The highest BCUT2D eigenvalue weighted by atomic mass is 16.4. The molecule has 0 fully saturated rings. The van der Waals surface area contributed by atoms with Gasteiger partial charge >= 0.3 is 5.97 Å². The van der Waals surface area contributed by atoms with Gasteiger partial charge in [0.15, 0.2) is 5.96 Å². The van der Waals surface area contributed by atoms with E-state index in [9.17, 15) is 33.9 Å². The molecule has 180 valence electrons. The lowest BCUT2D eigenvalue weighted by atomic mass is 10.1. The van der Waals surface area contributed by atoms with E-state index in [0.29, 0.717) is 0 Å². The number of carbonyl (C=O) groups excluding carboxylic acids is 5. The number of carbonyl (C=O) groups is 6. The van der Waals surface area contributed by atoms with Crippen molar-refractivity contribution in [2.24, 2.45) is 33.7 Å². The minimum absolute atomic E-state index is 0.0388. The van der Waals surface area contributed by atoms with Gasteiger partial charge in [0.1, 0.15) is 12.1 Å². The summed E-state index contributed by atoms with van der Waals surface area (Å²) in [5.41, 5.74) is 25.8. The second kappa shape index (κ2) is 14.1. The van der Waals surface area contributed by atoms with Gasteiger partial charge in [-0.05, 0) is 12.8 Å². The smallest absolute Gasteiger partial charge is 0.326 e. The molecule has 0 saturated heterocycles. The number of amides is 5. The predicted octanol–water partition coefficient (Wildman–Crippen LogP) is -5.71. The standard InChI is InChI=1S/C16H29N9O7/c17-7(4-10(18)26)13(29)23-6-12(28)24-9(5-11(19)27)14(30)25-8(15(31)32)2-1-3-22-16(20)21/h7-9H,1-6,17H2,(H2,18,26)(H2,19,27)(H,23,29)(H,24,28)(H,25,30)(H,31,32)(H4,20,21,22). The second-order valence-electron chi connectivity index (χ2n) is 6.63. The van der Waals surface area contributed by atoms with E-state index in [-0.39, 0.29) is 25.3 Å². The summed E-state index contributed by atoms with van der Waals surface area (Å²) >= 11 is 0. The van der Waals surface area contributed by atoms with E-state index in [4.69, 9.17) is 28.7 Å². The fourth-order valence-electron chi connectivity index (χ4n) is 2.30. The Balaban J connectivity index is 4.94. The van der Waals surface area contributed by atoms with E-state index in [1.165, 1.54) is 0 Å². The van der Waals surface area contributed by atoms with Crippen molar-refractivity contribution in [3.8, 4) is 0 Å². The fraction of sp³-hybridized carbons (Fsp3) is 0.562. The number of hydrogen-bond acceptors (Lipinski definition) is 8. The topological polar surface area (TPSA) is 301 Å². The molecule has 0 aliphatic carbocycles. The Bertz CT molecular complexity index is 752. The summed E-state index contributed by atoms with van der Waals surface area (Å²) in [6.45, 7) is -0.518. The minimum Gasteiger partial charge on any atom is -0.480 e. The molecule has 0 aromatic heterocycles. The van der Waals surface area contributed by atoms with E-state index in [2.05, 4.69) is 20.9 Å². The van der Waals surface area contributed by atoms with Crippen molar-refractivity contribution in [3.05, 3.63) is 0 Å². The molecular formula is C16H29N9O7. The molecule has 0 spiro atoms. The minimum atomic E-state index is -1.50. The first-order valence-electron chi connectivity index (χ1n) is 9.31. The zero-order valence-corrected chi connectivity index (χ0v) is 17.2. The summed E-state index contributed by atoms with van der Waals surface area (Å²) in [6, 6.07) is -4.13. The number of carboxylic acids is 1. The molecule has 0 aliphatic heterocycles. The number of nitrogens with two attached hydrogens (primary N) is 5. The summed E-state index contributed by atoms with van der Waals surface area (Å²) < 4.78 is 0. The van der Waals surface area contributed by atoms with Crippen LogP contribution in [0.25, 0.3) is 0 Å². The Kier molecular flexibility index (Phi) is 12.4. The van der Waals surface area contributed by atoms with Gasteiger partial charge in [-0.15, -0.1) is 0 Å². The van der Waals surface area contributed by atoms with Crippen LogP contribution in [0.15, 0.2) is 4.99 Å². The van der Waals surface area contributed by atoms with Gasteiger partial charge in [0.05, 0.1) is 25.4 Å². The Morgan fingerprint density at radius 2 is 1.44 bits per heavy atom. The molecule has 0 saturated carbocycles. The van der Waals surface area contributed by atoms with Crippen molar-refractivity contribution in [3.63, 3.8) is 0 Å². The summed E-state index contributed by atoms with van der Waals surface area (Å²) in [6.07, 6.45) is -0.893. The third kappa shape index (κ3) is 12.6. The van der Waals surface area contributed by atoms with Crippen LogP contribution in [-0.4, -0.2) is 77.8 Å². The molecule has 0 aromatic carbocycles. The molecule has 16 heteroatoms. The first-order chi connectivity index (χ1) is 14.8. The van der Waals surface area contributed by atoms with Gasteiger partial charge in [-0.25, -0.2) is 4.79 Å². The number of rotatable bonds is 15. The lowest BCUT2D eigenvalue weighted by molar-refractivity contribution is -0.142. The first kappa shape index (κ1) is 28.1. The van der Waals surface area contributed by atoms with Crippen LogP contribution in [0.2, 0.25) is 0 Å². The maximum absolute atomic E-state index is 12.4. The molecule has 0 aromatic rings. The molecular weight excluding hydrogens is 430 g/mol. The van der Waals surface area contributed by atoms with Crippen LogP contribution in [0, 0.1) is 0 Å². The maximum Gasteiger partial charge on any atom is 0.326 e. The third-order valence-electron chi connectivity index (χ3n) is 3.80. The lowest BCUT2D eigenvalue weighted by Gasteiger charge is -2.21. The van der Waals surface area contributed by atoms with Gasteiger partial charge in [-0.3, -0.25) is 29.0 Å². The molecule has 32 heavy (non-hydrogen) atoms. The number of guanidine groups is 1. The summed E-state index contributed by atoms with van der Waals surface area (Å²) in [5.74, 6) is -6.02. The SMILES string of the molecule is NC(=O)CC(N)C(=O)NCC(=O)NC(CC(N)=O)C(=O)NC(CCCN=C(N)N)C(=O)O. The van der Waals surface area contributed by atoms with Gasteiger partial charge in [-0.2, -0.15) is 0 Å². The third-order valence-corrected chi connectivity index (χ3v) is 3.80. The number of aliphatic imine (C=N–C) groups is 1. The molecule has 14 N–H and O–H groups in total. The molecule has 0 radical (unpaired) electrons. The number of primary amides is 2. The quantitative estimate of drug-likeness (QED) is 0.0634. The highest BCUT2D eigenvalue weighted by molar-refractivity contribution is 5.95. The number of aliphatic carboxylic acids is 1. The molecule has 0 bridgehead atoms. The van der Waals surface area contributed by atoms with Crippen LogP contribution in [0.3, 0.4) is 0 Å². The molecule has 16 nitrogen and oxygen atoms in total.